The number of piperazine rings is 1. The van der Waals surface area contributed by atoms with Crippen LogP contribution < -0.4 is 16.4 Å². The summed E-state index contributed by atoms with van der Waals surface area (Å²) in [5, 5.41) is 0.670. The average Bonchev–Trinajstić information content (AvgIpc) is 2.84. The third kappa shape index (κ3) is 2.96. The number of nitrogens with two attached hydrogens (primary N) is 2. The number of esters is 1. The van der Waals surface area contributed by atoms with E-state index < -0.39 is 11.9 Å². The van der Waals surface area contributed by atoms with E-state index >= 15 is 0 Å². The van der Waals surface area contributed by atoms with E-state index in [0.717, 1.165) is 44.1 Å². The van der Waals surface area contributed by atoms with E-state index in [9.17, 15) is 9.59 Å². The Morgan fingerprint density at radius 3 is 2.38 bits per heavy atom. The van der Waals surface area contributed by atoms with Crippen molar-refractivity contribution in [3.05, 3.63) is 10.4 Å². The fourth-order valence-corrected chi connectivity index (χ4v) is 3.52. The van der Waals surface area contributed by atoms with E-state index in [1.54, 1.807) is 0 Å². The number of anilines is 2. The SMILES string of the molecule is CCN1CCN(c2sc(C(N)=O)c(N)c2C(=O)OC)CC1. The maximum Gasteiger partial charge on any atom is 0.343 e. The van der Waals surface area contributed by atoms with Crippen LogP contribution in [0.25, 0.3) is 0 Å². The molecule has 0 spiro atoms. The van der Waals surface area contributed by atoms with Gasteiger partial charge in [0.05, 0.1) is 12.8 Å². The van der Waals surface area contributed by atoms with Gasteiger partial charge in [-0.3, -0.25) is 4.79 Å². The van der Waals surface area contributed by atoms with Crippen LogP contribution in [0, 0.1) is 0 Å². The molecule has 0 saturated carbocycles. The fraction of sp³-hybridized carbons (Fsp3) is 0.538. The number of thiophene rings is 1. The van der Waals surface area contributed by atoms with Crippen LogP contribution in [0.1, 0.15) is 27.0 Å². The number of likely N-dealkylation sites (N-methyl/N-ethyl adjacent to an activating group) is 1. The molecule has 0 atom stereocenters. The number of methoxy groups -OCH3 is 1. The molecule has 0 aliphatic carbocycles. The Morgan fingerprint density at radius 2 is 1.90 bits per heavy atom. The highest BCUT2D eigenvalue weighted by Crippen LogP contribution is 2.39. The van der Waals surface area contributed by atoms with E-state index in [-0.39, 0.29) is 16.1 Å². The molecule has 7 nitrogen and oxygen atoms in total. The second-order valence-corrected chi connectivity index (χ2v) is 5.80. The summed E-state index contributed by atoms with van der Waals surface area (Å²) in [7, 11) is 1.29. The Hall–Kier alpha value is -1.80. The molecule has 1 fully saturated rings. The molecule has 116 valence electrons. The number of rotatable bonds is 4. The minimum atomic E-state index is -0.624. The van der Waals surface area contributed by atoms with Gasteiger partial charge >= 0.3 is 5.97 Å². The zero-order valence-corrected chi connectivity index (χ0v) is 13.0. The molecule has 0 radical (unpaired) electrons. The van der Waals surface area contributed by atoms with Crippen LogP contribution in [0.5, 0.6) is 0 Å². The quantitative estimate of drug-likeness (QED) is 0.778. The second kappa shape index (κ2) is 6.31. The molecule has 1 saturated heterocycles. The van der Waals surface area contributed by atoms with Crippen molar-refractivity contribution in [1.29, 1.82) is 0 Å². The highest BCUT2D eigenvalue weighted by atomic mass is 32.1. The molecule has 4 N–H and O–H groups in total. The van der Waals surface area contributed by atoms with Gasteiger partial charge in [-0.25, -0.2) is 4.79 Å². The van der Waals surface area contributed by atoms with Gasteiger partial charge in [0.25, 0.3) is 5.91 Å². The van der Waals surface area contributed by atoms with Crippen LogP contribution in [0.15, 0.2) is 0 Å². The number of primary amides is 1. The first-order chi connectivity index (χ1) is 9.99. The lowest BCUT2D eigenvalue weighted by atomic mass is 10.2. The van der Waals surface area contributed by atoms with Crippen molar-refractivity contribution < 1.29 is 14.3 Å². The number of ether oxygens (including phenoxy) is 1. The van der Waals surface area contributed by atoms with E-state index in [1.165, 1.54) is 7.11 Å². The van der Waals surface area contributed by atoms with Gasteiger partial charge in [-0.05, 0) is 6.54 Å². The number of nitrogens with zero attached hydrogens (tertiary/aromatic N) is 2. The summed E-state index contributed by atoms with van der Waals surface area (Å²) < 4.78 is 4.78. The van der Waals surface area contributed by atoms with Crippen molar-refractivity contribution in [3.63, 3.8) is 0 Å². The lowest BCUT2D eigenvalue weighted by Crippen LogP contribution is -2.46. The molecular formula is C13H20N4O3S. The molecule has 0 aromatic carbocycles. The van der Waals surface area contributed by atoms with Gasteiger partial charge in [0.15, 0.2) is 0 Å². The van der Waals surface area contributed by atoms with E-state index in [1.807, 2.05) is 0 Å². The highest BCUT2D eigenvalue weighted by Gasteiger charge is 2.29. The Balaban J connectivity index is 2.36. The Kier molecular flexibility index (Phi) is 4.69. The normalized spacial score (nSPS) is 16.0. The van der Waals surface area contributed by atoms with Crippen LogP contribution in [-0.2, 0) is 4.74 Å². The fourth-order valence-electron chi connectivity index (χ4n) is 2.40. The summed E-state index contributed by atoms with van der Waals surface area (Å²) in [6.07, 6.45) is 0. The predicted molar refractivity (Wildman–Crippen MR) is 82.9 cm³/mol. The molecule has 1 amide bonds. The third-order valence-electron chi connectivity index (χ3n) is 3.65. The molecule has 0 unspecified atom stereocenters. The molecule has 1 aromatic heterocycles. The zero-order valence-electron chi connectivity index (χ0n) is 12.2. The molecule has 2 heterocycles. The van der Waals surface area contributed by atoms with Gasteiger partial charge in [0.1, 0.15) is 15.4 Å². The first-order valence-corrected chi connectivity index (χ1v) is 7.58. The van der Waals surface area contributed by atoms with Crippen molar-refractivity contribution in [3.8, 4) is 0 Å². The standard InChI is InChI=1S/C13H20N4O3S/c1-3-16-4-6-17(7-5-16)12-8(13(19)20-2)9(14)10(21-12)11(15)18/h3-7,14H2,1-2H3,(H2,15,18). The average molecular weight is 312 g/mol. The lowest BCUT2D eigenvalue weighted by Gasteiger charge is -2.35. The molecule has 8 heteroatoms. The lowest BCUT2D eigenvalue weighted by molar-refractivity contribution is 0.0603. The van der Waals surface area contributed by atoms with Gasteiger partial charge in [-0.15, -0.1) is 11.3 Å². The van der Waals surface area contributed by atoms with Crippen LogP contribution in [0.3, 0.4) is 0 Å². The van der Waals surface area contributed by atoms with Gasteiger partial charge < -0.3 is 26.0 Å². The maximum atomic E-state index is 12.0. The van der Waals surface area contributed by atoms with E-state index in [4.69, 9.17) is 16.2 Å². The predicted octanol–water partition coefficient (Wildman–Crippen LogP) is 0.358. The molecule has 0 bridgehead atoms. The smallest absolute Gasteiger partial charge is 0.343 e. The largest absolute Gasteiger partial charge is 0.465 e. The zero-order chi connectivity index (χ0) is 15.6. The van der Waals surface area contributed by atoms with E-state index in [2.05, 4.69) is 16.7 Å². The first-order valence-electron chi connectivity index (χ1n) is 6.77. The molecular weight excluding hydrogens is 292 g/mol. The Bertz CT molecular complexity index is 550. The summed E-state index contributed by atoms with van der Waals surface area (Å²) in [6.45, 7) is 6.47. The summed E-state index contributed by atoms with van der Waals surface area (Å²) >= 11 is 1.16. The van der Waals surface area contributed by atoms with Crippen molar-refractivity contribution >= 4 is 33.9 Å². The maximum absolute atomic E-state index is 12.0. The number of carbonyl (C=O) groups is 2. The minimum Gasteiger partial charge on any atom is -0.465 e. The second-order valence-electron chi connectivity index (χ2n) is 4.80. The van der Waals surface area contributed by atoms with Crippen LogP contribution >= 0.6 is 11.3 Å². The molecule has 1 aliphatic heterocycles. The number of hydrogen-bond donors (Lipinski definition) is 2. The minimum absolute atomic E-state index is 0.118. The van der Waals surface area contributed by atoms with Gasteiger partial charge in [-0.1, -0.05) is 6.92 Å². The van der Waals surface area contributed by atoms with Crippen molar-refractivity contribution in [1.82, 2.24) is 4.90 Å². The monoisotopic (exact) mass is 312 g/mol. The van der Waals surface area contributed by atoms with Crippen molar-refractivity contribution in [2.75, 3.05) is 50.5 Å². The first kappa shape index (κ1) is 15.6. The third-order valence-corrected chi connectivity index (χ3v) is 4.93. The Labute approximate surface area is 127 Å². The summed E-state index contributed by atoms with van der Waals surface area (Å²) in [6, 6.07) is 0. The van der Waals surface area contributed by atoms with Gasteiger partial charge in [0, 0.05) is 26.2 Å². The molecule has 21 heavy (non-hydrogen) atoms. The van der Waals surface area contributed by atoms with Gasteiger partial charge in [-0.2, -0.15) is 0 Å². The molecule has 1 aliphatic rings. The molecule has 2 rings (SSSR count). The number of carbonyl (C=O) groups excluding carboxylic acids is 2. The number of amides is 1. The van der Waals surface area contributed by atoms with Crippen LogP contribution in [-0.4, -0.2) is 56.6 Å². The summed E-state index contributed by atoms with van der Waals surface area (Å²) in [5.74, 6) is -1.16. The molecule has 1 aromatic rings. The van der Waals surface area contributed by atoms with Crippen LogP contribution in [0.2, 0.25) is 0 Å². The van der Waals surface area contributed by atoms with E-state index in [0.29, 0.717) is 5.00 Å². The number of hydrogen-bond acceptors (Lipinski definition) is 7. The summed E-state index contributed by atoms with van der Waals surface area (Å²) in [5.41, 5.74) is 11.6. The van der Waals surface area contributed by atoms with Crippen molar-refractivity contribution in [2.45, 2.75) is 6.92 Å². The topological polar surface area (TPSA) is 102 Å². The Morgan fingerprint density at radius 1 is 1.29 bits per heavy atom. The summed E-state index contributed by atoms with van der Waals surface area (Å²) in [4.78, 5) is 28.0. The highest BCUT2D eigenvalue weighted by molar-refractivity contribution is 7.19. The van der Waals surface area contributed by atoms with Crippen molar-refractivity contribution in [2.24, 2.45) is 5.73 Å². The number of nitrogen functional groups attached to an aromatic ring is 1. The van der Waals surface area contributed by atoms with Gasteiger partial charge in [0.2, 0.25) is 0 Å². The van der Waals surface area contributed by atoms with Crippen LogP contribution in [0.4, 0.5) is 10.7 Å².